The van der Waals surface area contributed by atoms with Crippen LogP contribution in [0.25, 0.3) is 0 Å². The maximum absolute atomic E-state index is 12.7. The molecule has 0 atom stereocenters. The van der Waals surface area contributed by atoms with Gasteiger partial charge in [-0.25, -0.2) is 14.2 Å². The van der Waals surface area contributed by atoms with Crippen LogP contribution in [0.3, 0.4) is 0 Å². The summed E-state index contributed by atoms with van der Waals surface area (Å²) in [6.45, 7) is 1.35. The average Bonchev–Trinajstić information content (AvgIpc) is 2.42. The molecule has 0 saturated heterocycles. The molecule has 8 heteroatoms. The molecule has 0 spiro atoms. The molecule has 0 aliphatic heterocycles. The third kappa shape index (κ3) is 3.94. The number of amides is 2. The number of hydrogen-bond donors (Lipinski definition) is 2. The Kier molecular flexibility index (Phi) is 4.30. The first-order valence-electron chi connectivity index (χ1n) is 6.14. The second-order valence-electron chi connectivity index (χ2n) is 4.41. The summed E-state index contributed by atoms with van der Waals surface area (Å²) in [5.41, 5.74) is -0.511. The van der Waals surface area contributed by atoms with Crippen LogP contribution in [0, 0.1) is 12.7 Å². The Hall–Kier alpha value is -2.64. The van der Waals surface area contributed by atoms with Gasteiger partial charge in [0.1, 0.15) is 11.5 Å². The standard InChI is InChI=1S/C14H11F4N3O/c1-8-11(6-7-12(19-8)14(16,17)18)21-13(22)20-10-4-2-9(15)3-5-10/h2-7H,1H3,(H2,20,21,22). The molecule has 22 heavy (non-hydrogen) atoms. The number of carbonyl (C=O) groups excluding carboxylic acids is 1. The lowest BCUT2D eigenvalue weighted by atomic mass is 10.2. The minimum Gasteiger partial charge on any atom is -0.308 e. The van der Waals surface area contributed by atoms with Gasteiger partial charge in [-0.2, -0.15) is 13.2 Å². The molecule has 0 bridgehead atoms. The summed E-state index contributed by atoms with van der Waals surface area (Å²) in [4.78, 5) is 15.1. The van der Waals surface area contributed by atoms with Crippen molar-refractivity contribution in [3.05, 3.63) is 53.6 Å². The van der Waals surface area contributed by atoms with E-state index in [9.17, 15) is 22.4 Å². The van der Waals surface area contributed by atoms with E-state index in [2.05, 4.69) is 15.6 Å². The summed E-state index contributed by atoms with van der Waals surface area (Å²) in [6, 6.07) is 6.27. The molecule has 2 rings (SSSR count). The third-order valence-electron chi connectivity index (χ3n) is 2.73. The summed E-state index contributed by atoms with van der Waals surface area (Å²) >= 11 is 0. The van der Waals surface area contributed by atoms with Crippen molar-refractivity contribution in [1.82, 2.24) is 4.98 Å². The summed E-state index contributed by atoms with van der Waals surface area (Å²) in [5, 5.41) is 4.80. The summed E-state index contributed by atoms with van der Waals surface area (Å²) in [6.07, 6.45) is -4.54. The zero-order chi connectivity index (χ0) is 16.3. The molecule has 0 fully saturated rings. The van der Waals surface area contributed by atoms with Crippen molar-refractivity contribution in [1.29, 1.82) is 0 Å². The zero-order valence-corrected chi connectivity index (χ0v) is 11.3. The lowest BCUT2D eigenvalue weighted by Gasteiger charge is -2.12. The highest BCUT2D eigenvalue weighted by Crippen LogP contribution is 2.29. The third-order valence-corrected chi connectivity index (χ3v) is 2.73. The number of nitrogens with zero attached hydrogens (tertiary/aromatic N) is 1. The van der Waals surface area contributed by atoms with E-state index >= 15 is 0 Å². The first-order chi connectivity index (χ1) is 10.3. The smallest absolute Gasteiger partial charge is 0.308 e. The fourth-order valence-electron chi connectivity index (χ4n) is 1.67. The van der Waals surface area contributed by atoms with Crippen molar-refractivity contribution in [2.75, 3.05) is 10.6 Å². The van der Waals surface area contributed by atoms with Gasteiger partial charge in [-0.05, 0) is 43.3 Å². The van der Waals surface area contributed by atoms with Crippen LogP contribution in [0.4, 0.5) is 33.7 Å². The van der Waals surface area contributed by atoms with Crippen LogP contribution in [0.2, 0.25) is 0 Å². The molecule has 2 aromatic rings. The van der Waals surface area contributed by atoms with Crippen LogP contribution in [0.5, 0.6) is 0 Å². The van der Waals surface area contributed by atoms with Crippen LogP contribution >= 0.6 is 0 Å². The number of benzene rings is 1. The zero-order valence-electron chi connectivity index (χ0n) is 11.3. The quantitative estimate of drug-likeness (QED) is 0.817. The first-order valence-corrected chi connectivity index (χ1v) is 6.14. The van der Waals surface area contributed by atoms with Gasteiger partial charge in [0.15, 0.2) is 0 Å². The number of halogens is 4. The Morgan fingerprint density at radius 1 is 1.05 bits per heavy atom. The van der Waals surface area contributed by atoms with Crippen molar-refractivity contribution in [2.24, 2.45) is 0 Å². The number of alkyl halides is 3. The van der Waals surface area contributed by atoms with E-state index in [0.29, 0.717) is 5.69 Å². The Bertz CT molecular complexity index is 683. The SMILES string of the molecule is Cc1nc(C(F)(F)F)ccc1NC(=O)Nc1ccc(F)cc1. The molecule has 116 valence electrons. The molecule has 2 N–H and O–H groups in total. The molecular formula is C14H11F4N3O. The molecule has 1 aromatic carbocycles. The molecule has 0 unspecified atom stereocenters. The van der Waals surface area contributed by atoms with Crippen LogP contribution in [-0.4, -0.2) is 11.0 Å². The van der Waals surface area contributed by atoms with Crippen LogP contribution in [-0.2, 0) is 6.18 Å². The highest BCUT2D eigenvalue weighted by atomic mass is 19.4. The van der Waals surface area contributed by atoms with Crippen molar-refractivity contribution in [2.45, 2.75) is 13.1 Å². The number of aryl methyl sites for hydroxylation is 1. The van der Waals surface area contributed by atoms with E-state index in [1.54, 1.807) is 0 Å². The Labute approximate surface area is 123 Å². The van der Waals surface area contributed by atoms with Crippen molar-refractivity contribution in [3.8, 4) is 0 Å². The van der Waals surface area contributed by atoms with Crippen molar-refractivity contribution < 1.29 is 22.4 Å². The Morgan fingerprint density at radius 3 is 2.23 bits per heavy atom. The topological polar surface area (TPSA) is 54.0 Å². The fourth-order valence-corrected chi connectivity index (χ4v) is 1.67. The highest BCUT2D eigenvalue weighted by molar-refractivity contribution is 6.00. The van der Waals surface area contributed by atoms with E-state index in [1.165, 1.54) is 31.2 Å². The molecule has 0 aliphatic rings. The Morgan fingerprint density at radius 2 is 1.68 bits per heavy atom. The summed E-state index contributed by atoms with van der Waals surface area (Å²) < 4.78 is 50.2. The van der Waals surface area contributed by atoms with Gasteiger partial charge >= 0.3 is 12.2 Å². The number of pyridine rings is 1. The molecule has 0 radical (unpaired) electrons. The summed E-state index contributed by atoms with van der Waals surface area (Å²) in [7, 11) is 0. The fraction of sp³-hybridized carbons (Fsp3) is 0.143. The van der Waals surface area contributed by atoms with Gasteiger partial charge < -0.3 is 10.6 Å². The van der Waals surface area contributed by atoms with Gasteiger partial charge in [0.05, 0.1) is 11.4 Å². The maximum atomic E-state index is 12.7. The van der Waals surface area contributed by atoms with Crippen molar-refractivity contribution >= 4 is 17.4 Å². The maximum Gasteiger partial charge on any atom is 0.433 e. The average molecular weight is 313 g/mol. The number of aromatic nitrogens is 1. The number of rotatable bonds is 2. The minimum absolute atomic E-state index is 0.0316. The number of urea groups is 1. The summed E-state index contributed by atoms with van der Waals surface area (Å²) in [5.74, 6) is -0.450. The molecule has 1 heterocycles. The van der Waals surface area contributed by atoms with Crippen LogP contribution in [0.1, 0.15) is 11.4 Å². The lowest BCUT2D eigenvalue weighted by molar-refractivity contribution is -0.141. The van der Waals surface area contributed by atoms with E-state index < -0.39 is 23.7 Å². The number of hydrogen-bond acceptors (Lipinski definition) is 2. The molecule has 4 nitrogen and oxygen atoms in total. The molecule has 1 aromatic heterocycles. The van der Waals surface area contributed by atoms with Gasteiger partial charge in [0.2, 0.25) is 0 Å². The van der Waals surface area contributed by atoms with Gasteiger partial charge in [-0.1, -0.05) is 0 Å². The number of anilines is 2. The Balaban J connectivity index is 2.07. The van der Waals surface area contributed by atoms with E-state index in [4.69, 9.17) is 0 Å². The van der Waals surface area contributed by atoms with Crippen LogP contribution in [0.15, 0.2) is 36.4 Å². The largest absolute Gasteiger partial charge is 0.433 e. The van der Waals surface area contributed by atoms with Crippen LogP contribution < -0.4 is 10.6 Å². The number of carbonyl (C=O) groups is 1. The normalized spacial score (nSPS) is 11.1. The lowest BCUT2D eigenvalue weighted by Crippen LogP contribution is -2.20. The predicted molar refractivity (Wildman–Crippen MR) is 73.0 cm³/mol. The molecule has 0 aliphatic carbocycles. The number of nitrogens with one attached hydrogen (secondary N) is 2. The van der Waals surface area contributed by atoms with Gasteiger partial charge in [-0.15, -0.1) is 0 Å². The first kappa shape index (κ1) is 15.7. The van der Waals surface area contributed by atoms with E-state index in [1.807, 2.05) is 0 Å². The highest BCUT2D eigenvalue weighted by Gasteiger charge is 2.32. The van der Waals surface area contributed by atoms with Gasteiger partial charge in [0, 0.05) is 5.69 Å². The second-order valence-corrected chi connectivity index (χ2v) is 4.41. The molecular weight excluding hydrogens is 302 g/mol. The second kappa shape index (κ2) is 6.00. The van der Waals surface area contributed by atoms with Crippen molar-refractivity contribution in [3.63, 3.8) is 0 Å². The van der Waals surface area contributed by atoms with E-state index in [-0.39, 0.29) is 11.4 Å². The van der Waals surface area contributed by atoms with Gasteiger partial charge in [0.25, 0.3) is 0 Å². The van der Waals surface area contributed by atoms with Gasteiger partial charge in [-0.3, -0.25) is 0 Å². The van der Waals surface area contributed by atoms with E-state index in [0.717, 1.165) is 12.1 Å². The molecule has 2 amide bonds. The molecule has 0 saturated carbocycles. The predicted octanol–water partition coefficient (Wildman–Crippen LogP) is 4.19. The monoisotopic (exact) mass is 313 g/mol. The minimum atomic E-state index is -4.54.